The molecular weight excluding hydrogens is 291 g/mol. The van der Waals surface area contributed by atoms with Crippen molar-refractivity contribution in [2.45, 2.75) is 10.6 Å². The highest BCUT2D eigenvalue weighted by Crippen LogP contribution is 2.28. The van der Waals surface area contributed by atoms with Gasteiger partial charge in [0.15, 0.2) is 11.6 Å². The van der Waals surface area contributed by atoms with Crippen molar-refractivity contribution in [2.24, 2.45) is 0 Å². The van der Waals surface area contributed by atoms with E-state index in [1.165, 1.54) is 32.0 Å². The quantitative estimate of drug-likeness (QED) is 0.620. The minimum Gasteiger partial charge on any atom is -0.494 e. The molecule has 0 heterocycles. The van der Waals surface area contributed by atoms with E-state index in [4.69, 9.17) is 9.47 Å². The van der Waals surface area contributed by atoms with Gasteiger partial charge in [-0.15, -0.1) is 11.8 Å². The van der Waals surface area contributed by atoms with Gasteiger partial charge in [0.1, 0.15) is 0 Å². The van der Waals surface area contributed by atoms with Crippen LogP contribution in [-0.2, 0) is 10.5 Å². The highest BCUT2D eigenvalue weighted by atomic mass is 32.2. The molecule has 0 aromatic heterocycles. The van der Waals surface area contributed by atoms with Crippen molar-refractivity contribution in [1.82, 2.24) is 0 Å². The van der Waals surface area contributed by atoms with Gasteiger partial charge in [-0.2, -0.15) is 0 Å². The van der Waals surface area contributed by atoms with Gasteiger partial charge in [-0.05, 0) is 29.8 Å². The number of carbonyl (C=O) groups is 1. The lowest BCUT2D eigenvalue weighted by atomic mass is 10.2. The third-order valence-corrected chi connectivity index (χ3v) is 4.05. The Morgan fingerprint density at radius 2 is 1.95 bits per heavy atom. The van der Waals surface area contributed by atoms with Crippen LogP contribution in [0.25, 0.3) is 0 Å². The molecule has 3 nitrogen and oxygen atoms in total. The minimum absolute atomic E-state index is 0.221. The Bertz CT molecular complexity index is 643. The molecule has 0 unspecified atom stereocenters. The third kappa shape index (κ3) is 3.76. The predicted molar refractivity (Wildman–Crippen MR) is 80.3 cm³/mol. The van der Waals surface area contributed by atoms with E-state index in [1.54, 1.807) is 24.3 Å². The molecule has 110 valence electrons. The van der Waals surface area contributed by atoms with Crippen LogP contribution in [0.2, 0.25) is 0 Å². The number of hydrogen-bond acceptors (Lipinski definition) is 4. The van der Waals surface area contributed by atoms with Gasteiger partial charge in [0.25, 0.3) is 0 Å². The van der Waals surface area contributed by atoms with Crippen LogP contribution < -0.4 is 4.74 Å². The van der Waals surface area contributed by atoms with Crippen molar-refractivity contribution in [3.8, 4) is 5.75 Å². The second kappa shape index (κ2) is 7.13. The third-order valence-electron chi connectivity index (χ3n) is 2.90. The standard InChI is InChI=1S/C16H15FO3S/c1-19-14-8-7-11(9-13(14)17)10-21-15-6-4-3-5-12(15)16(18)20-2/h3-9H,10H2,1-2H3. The fourth-order valence-electron chi connectivity index (χ4n) is 1.83. The van der Waals surface area contributed by atoms with Crippen LogP contribution in [0.1, 0.15) is 15.9 Å². The Labute approximate surface area is 127 Å². The van der Waals surface area contributed by atoms with E-state index in [9.17, 15) is 9.18 Å². The summed E-state index contributed by atoms with van der Waals surface area (Å²) in [6, 6.07) is 12.0. The molecule has 0 amide bonds. The van der Waals surface area contributed by atoms with Crippen LogP contribution >= 0.6 is 11.8 Å². The number of ether oxygens (including phenoxy) is 2. The number of esters is 1. The highest BCUT2D eigenvalue weighted by Gasteiger charge is 2.12. The zero-order chi connectivity index (χ0) is 15.2. The maximum atomic E-state index is 13.6. The van der Waals surface area contributed by atoms with Crippen molar-refractivity contribution >= 4 is 17.7 Å². The van der Waals surface area contributed by atoms with Gasteiger partial charge in [-0.25, -0.2) is 9.18 Å². The molecule has 0 saturated carbocycles. The van der Waals surface area contributed by atoms with E-state index in [0.717, 1.165) is 10.5 Å². The topological polar surface area (TPSA) is 35.5 Å². The van der Waals surface area contributed by atoms with E-state index >= 15 is 0 Å². The molecule has 0 radical (unpaired) electrons. The molecule has 2 rings (SSSR count). The molecule has 0 N–H and O–H groups in total. The number of carbonyl (C=O) groups excluding carboxylic acids is 1. The number of methoxy groups -OCH3 is 2. The molecule has 0 fully saturated rings. The van der Waals surface area contributed by atoms with Gasteiger partial charge in [0.05, 0.1) is 19.8 Å². The van der Waals surface area contributed by atoms with Crippen LogP contribution in [0.15, 0.2) is 47.4 Å². The Balaban J connectivity index is 2.13. The van der Waals surface area contributed by atoms with Crippen LogP contribution in [-0.4, -0.2) is 20.2 Å². The molecule has 0 saturated heterocycles. The van der Waals surface area contributed by atoms with Crippen molar-refractivity contribution < 1.29 is 18.7 Å². The van der Waals surface area contributed by atoms with Gasteiger partial charge in [0, 0.05) is 10.6 Å². The Morgan fingerprint density at radius 3 is 2.62 bits per heavy atom. The first-order valence-corrected chi connectivity index (χ1v) is 7.27. The van der Waals surface area contributed by atoms with E-state index in [0.29, 0.717) is 11.3 Å². The second-order valence-electron chi connectivity index (χ2n) is 4.25. The lowest BCUT2D eigenvalue weighted by molar-refractivity contribution is 0.0597. The maximum Gasteiger partial charge on any atom is 0.338 e. The molecule has 2 aromatic rings. The molecule has 0 atom stereocenters. The summed E-state index contributed by atoms with van der Waals surface area (Å²) in [4.78, 5) is 12.5. The summed E-state index contributed by atoms with van der Waals surface area (Å²) in [5.41, 5.74) is 1.33. The summed E-state index contributed by atoms with van der Waals surface area (Å²) >= 11 is 1.46. The predicted octanol–water partition coefficient (Wildman–Crippen LogP) is 3.91. The van der Waals surface area contributed by atoms with Gasteiger partial charge < -0.3 is 9.47 Å². The Kier molecular flexibility index (Phi) is 5.22. The van der Waals surface area contributed by atoms with Gasteiger partial charge >= 0.3 is 5.97 Å². The molecule has 0 aliphatic carbocycles. The molecule has 0 bridgehead atoms. The van der Waals surface area contributed by atoms with Gasteiger partial charge in [-0.1, -0.05) is 18.2 Å². The van der Waals surface area contributed by atoms with Crippen LogP contribution in [0, 0.1) is 5.82 Å². The Hall–Kier alpha value is -2.01. The molecule has 0 aliphatic rings. The van der Waals surface area contributed by atoms with E-state index < -0.39 is 5.82 Å². The zero-order valence-electron chi connectivity index (χ0n) is 11.8. The largest absolute Gasteiger partial charge is 0.494 e. The molecule has 21 heavy (non-hydrogen) atoms. The van der Waals surface area contributed by atoms with E-state index in [-0.39, 0.29) is 11.7 Å². The summed E-state index contributed by atoms with van der Waals surface area (Å²) in [7, 11) is 2.78. The summed E-state index contributed by atoms with van der Waals surface area (Å²) in [5.74, 6) is 0.00383. The molecule has 5 heteroatoms. The monoisotopic (exact) mass is 306 g/mol. The average molecular weight is 306 g/mol. The van der Waals surface area contributed by atoms with Crippen LogP contribution in [0.3, 0.4) is 0 Å². The molecule has 0 spiro atoms. The van der Waals surface area contributed by atoms with E-state index in [1.807, 2.05) is 12.1 Å². The number of halogens is 1. The fraction of sp³-hybridized carbons (Fsp3) is 0.188. The second-order valence-corrected chi connectivity index (χ2v) is 5.26. The van der Waals surface area contributed by atoms with Crippen LogP contribution in [0.4, 0.5) is 4.39 Å². The smallest absolute Gasteiger partial charge is 0.338 e. The summed E-state index contributed by atoms with van der Waals surface area (Å²) in [6.07, 6.45) is 0. The Morgan fingerprint density at radius 1 is 1.19 bits per heavy atom. The van der Waals surface area contributed by atoms with Crippen LogP contribution in [0.5, 0.6) is 5.75 Å². The van der Waals surface area contributed by atoms with Crippen molar-refractivity contribution in [3.63, 3.8) is 0 Å². The van der Waals surface area contributed by atoms with Gasteiger partial charge in [-0.3, -0.25) is 0 Å². The number of benzene rings is 2. The molecule has 2 aromatic carbocycles. The van der Waals surface area contributed by atoms with Gasteiger partial charge in [0.2, 0.25) is 0 Å². The molecule has 0 aliphatic heterocycles. The summed E-state index contributed by atoms with van der Waals surface area (Å²) in [6.45, 7) is 0. The first-order valence-electron chi connectivity index (χ1n) is 6.28. The zero-order valence-corrected chi connectivity index (χ0v) is 12.6. The number of hydrogen-bond donors (Lipinski definition) is 0. The summed E-state index contributed by atoms with van der Waals surface area (Å²) < 4.78 is 23.3. The number of rotatable bonds is 5. The lowest BCUT2D eigenvalue weighted by Gasteiger charge is -2.08. The van der Waals surface area contributed by atoms with Crippen molar-refractivity contribution in [1.29, 1.82) is 0 Å². The lowest BCUT2D eigenvalue weighted by Crippen LogP contribution is -2.02. The van der Waals surface area contributed by atoms with Crippen molar-refractivity contribution in [3.05, 3.63) is 59.4 Å². The summed E-state index contributed by atoms with van der Waals surface area (Å²) in [5, 5.41) is 0. The van der Waals surface area contributed by atoms with E-state index in [2.05, 4.69) is 0 Å². The van der Waals surface area contributed by atoms with Crippen molar-refractivity contribution in [2.75, 3.05) is 14.2 Å². The molecular formula is C16H15FO3S. The first kappa shape index (κ1) is 15.4. The normalized spacial score (nSPS) is 10.2. The SMILES string of the molecule is COC(=O)c1ccccc1SCc1ccc(OC)c(F)c1. The maximum absolute atomic E-state index is 13.6. The number of thioether (sulfide) groups is 1. The average Bonchev–Trinajstić information content (AvgIpc) is 2.52. The first-order chi connectivity index (χ1) is 10.2. The fourth-order valence-corrected chi connectivity index (χ4v) is 2.82. The minimum atomic E-state index is -0.392. The highest BCUT2D eigenvalue weighted by molar-refractivity contribution is 7.98.